The van der Waals surface area contributed by atoms with Crippen LogP contribution in [0.4, 0.5) is 0 Å². The van der Waals surface area contributed by atoms with Crippen LogP contribution in [-0.4, -0.2) is 41.0 Å². The topological polar surface area (TPSA) is 119 Å². The molecule has 0 unspecified atom stereocenters. The van der Waals surface area contributed by atoms with Gasteiger partial charge in [0.1, 0.15) is 6.61 Å². The van der Waals surface area contributed by atoms with Gasteiger partial charge in [-0.1, -0.05) is 71.1 Å². The largest absolute Gasteiger partial charge is 0.469 e. The number of ether oxygens (including phenoxy) is 2. The summed E-state index contributed by atoms with van der Waals surface area (Å²) >= 11 is 0. The first-order chi connectivity index (χ1) is 18.8. The Bertz CT molecular complexity index is 1150. The first kappa shape index (κ1) is 35.4. The van der Waals surface area contributed by atoms with Gasteiger partial charge in [-0.2, -0.15) is 0 Å². The Balaban J connectivity index is 4.44. The first-order valence-electron chi connectivity index (χ1n) is 12.8. The Hall–Kier alpha value is -3.59. The van der Waals surface area contributed by atoms with Crippen LogP contribution >= 0.6 is 7.82 Å². The van der Waals surface area contributed by atoms with Crippen LogP contribution in [0.1, 0.15) is 84.0 Å². The summed E-state index contributed by atoms with van der Waals surface area (Å²) in [5.41, 5.74) is 0. The fourth-order valence-electron chi connectivity index (χ4n) is 3.02. The van der Waals surface area contributed by atoms with Gasteiger partial charge in [0.2, 0.25) is 0 Å². The third kappa shape index (κ3) is 27.3. The number of terminal acetylenes is 1. The molecule has 39 heavy (non-hydrogen) atoms. The number of carbonyl (C=O) groups is 2. The summed E-state index contributed by atoms with van der Waals surface area (Å²) < 4.78 is 25.5. The molecule has 0 saturated carbocycles. The van der Waals surface area contributed by atoms with Gasteiger partial charge in [0.15, 0.2) is 6.10 Å². The Morgan fingerprint density at radius 2 is 1.23 bits per heavy atom. The average molecular weight is 555 g/mol. The molecule has 0 fully saturated rings. The molecule has 208 valence electrons. The van der Waals surface area contributed by atoms with Gasteiger partial charge in [-0.3, -0.25) is 9.32 Å². The van der Waals surface area contributed by atoms with Crippen LogP contribution in [0.25, 0.3) is 0 Å². The molecule has 0 aromatic rings. The maximum absolute atomic E-state index is 12.2. The van der Waals surface area contributed by atoms with Gasteiger partial charge < -0.3 is 19.3 Å². The second-order valence-corrected chi connectivity index (χ2v) is 9.42. The van der Waals surface area contributed by atoms with Crippen LogP contribution in [0.15, 0.2) is 0 Å². The SMILES string of the molecule is C#CC#CC#CC#CC#CC#CC(=O)OC[C@@H](COP(=O)(O)O)OC(=O)CCCCCCCCCCCCC. The Morgan fingerprint density at radius 1 is 0.744 bits per heavy atom. The lowest BCUT2D eigenvalue weighted by Gasteiger charge is -2.17. The molecule has 1 atom stereocenters. The van der Waals surface area contributed by atoms with Gasteiger partial charge in [-0.15, -0.1) is 6.42 Å². The van der Waals surface area contributed by atoms with E-state index in [0.29, 0.717) is 6.42 Å². The second-order valence-electron chi connectivity index (χ2n) is 8.18. The predicted octanol–water partition coefficient (Wildman–Crippen LogP) is 3.90. The lowest BCUT2D eigenvalue weighted by molar-refractivity contribution is -0.158. The molecule has 0 bridgehead atoms. The third-order valence-electron chi connectivity index (χ3n) is 4.85. The number of unbranched alkanes of at least 4 members (excludes halogenated alkanes) is 10. The van der Waals surface area contributed by atoms with Gasteiger partial charge >= 0.3 is 19.8 Å². The number of hydrogen-bond donors (Lipinski definition) is 2. The Labute approximate surface area is 232 Å². The Morgan fingerprint density at radius 3 is 1.74 bits per heavy atom. The first-order valence-corrected chi connectivity index (χ1v) is 14.3. The maximum Gasteiger partial charge on any atom is 0.469 e. The van der Waals surface area contributed by atoms with E-state index in [1.807, 2.05) is 0 Å². The summed E-state index contributed by atoms with van der Waals surface area (Å²) in [5, 5.41) is 0. The molecule has 0 spiro atoms. The van der Waals surface area contributed by atoms with E-state index in [2.05, 4.69) is 76.6 Å². The van der Waals surface area contributed by atoms with Gasteiger partial charge in [-0.25, -0.2) is 9.36 Å². The number of phosphoric acid groups is 1. The van der Waals surface area contributed by atoms with E-state index in [1.165, 1.54) is 44.9 Å². The number of rotatable bonds is 18. The maximum atomic E-state index is 12.2. The lowest BCUT2D eigenvalue weighted by Crippen LogP contribution is -2.29. The summed E-state index contributed by atoms with van der Waals surface area (Å²) in [7, 11) is -4.81. The molecular formula is C30H35O8P. The van der Waals surface area contributed by atoms with Crippen molar-refractivity contribution in [2.75, 3.05) is 13.2 Å². The number of phosphoric ester groups is 1. The lowest BCUT2D eigenvalue weighted by atomic mass is 10.1. The van der Waals surface area contributed by atoms with Crippen molar-refractivity contribution in [2.45, 2.75) is 90.1 Å². The molecule has 8 nitrogen and oxygen atoms in total. The number of carbonyl (C=O) groups excluding carboxylic acids is 2. The van der Waals surface area contributed by atoms with E-state index in [9.17, 15) is 14.2 Å². The van der Waals surface area contributed by atoms with Crippen LogP contribution in [0.5, 0.6) is 0 Å². The average Bonchev–Trinajstić information content (AvgIpc) is 2.89. The van der Waals surface area contributed by atoms with Crippen molar-refractivity contribution in [3.63, 3.8) is 0 Å². The molecule has 9 heteroatoms. The van der Waals surface area contributed by atoms with Crippen molar-refractivity contribution in [1.82, 2.24) is 0 Å². The highest BCUT2D eigenvalue weighted by molar-refractivity contribution is 7.46. The molecular weight excluding hydrogens is 519 g/mol. The van der Waals surface area contributed by atoms with Crippen LogP contribution in [0, 0.1) is 71.5 Å². The quantitative estimate of drug-likeness (QED) is 0.0861. The fourth-order valence-corrected chi connectivity index (χ4v) is 3.38. The second kappa shape index (κ2) is 24.7. The van der Waals surface area contributed by atoms with Gasteiger partial charge in [0, 0.05) is 12.3 Å². The molecule has 0 amide bonds. The highest BCUT2D eigenvalue weighted by atomic mass is 31.2. The van der Waals surface area contributed by atoms with Crippen molar-refractivity contribution >= 4 is 19.8 Å². The summed E-state index contributed by atoms with van der Waals surface area (Å²) in [4.78, 5) is 41.8. The van der Waals surface area contributed by atoms with E-state index in [1.54, 1.807) is 0 Å². The molecule has 0 aliphatic rings. The smallest absolute Gasteiger partial charge is 0.456 e. The Kier molecular flexibility index (Phi) is 22.5. The highest BCUT2D eigenvalue weighted by Crippen LogP contribution is 2.35. The van der Waals surface area contributed by atoms with Crippen LogP contribution in [0.2, 0.25) is 0 Å². The van der Waals surface area contributed by atoms with Crippen molar-refractivity contribution in [3.05, 3.63) is 0 Å². The van der Waals surface area contributed by atoms with Gasteiger partial charge in [-0.05, 0) is 65.6 Å². The molecule has 0 aromatic heterocycles. The minimum Gasteiger partial charge on any atom is -0.456 e. The van der Waals surface area contributed by atoms with Crippen molar-refractivity contribution < 1.29 is 37.9 Å². The van der Waals surface area contributed by atoms with Crippen LogP contribution in [0.3, 0.4) is 0 Å². The minimum absolute atomic E-state index is 0.134. The fraction of sp³-hybridized carbons (Fsp3) is 0.533. The predicted molar refractivity (Wildman–Crippen MR) is 148 cm³/mol. The summed E-state index contributed by atoms with van der Waals surface area (Å²) in [6, 6.07) is 0. The highest BCUT2D eigenvalue weighted by Gasteiger charge is 2.22. The zero-order valence-corrected chi connectivity index (χ0v) is 23.2. The van der Waals surface area contributed by atoms with Crippen LogP contribution in [-0.2, 0) is 28.2 Å². The number of hydrogen-bond acceptors (Lipinski definition) is 6. The minimum atomic E-state index is -4.81. The summed E-state index contributed by atoms with van der Waals surface area (Å²) in [6.07, 6.45) is 16.3. The van der Waals surface area contributed by atoms with Gasteiger partial charge in [0.25, 0.3) is 0 Å². The van der Waals surface area contributed by atoms with E-state index < -0.39 is 39.1 Å². The van der Waals surface area contributed by atoms with Crippen molar-refractivity contribution in [2.24, 2.45) is 0 Å². The zero-order chi connectivity index (χ0) is 29.0. The standard InChI is InChI=1S/C30H35O8P/c1-3-5-7-9-11-13-15-17-19-21-23-25-30(32)38-28(27-37-39(33,34)35)26-36-29(31)24-22-20-18-16-14-12-10-8-6-4-2/h2,28H,3,5,7,9,11,13,15,17,19,21,23,25-27H2,1H3,(H2,33,34,35)/t28-/m0/s1. The summed E-state index contributed by atoms with van der Waals surface area (Å²) in [5.74, 6) is 23.7. The molecule has 0 aliphatic carbocycles. The van der Waals surface area contributed by atoms with Crippen molar-refractivity contribution in [1.29, 1.82) is 0 Å². The zero-order valence-electron chi connectivity index (χ0n) is 22.3. The normalized spacial score (nSPS) is 10.1. The molecule has 0 radical (unpaired) electrons. The monoisotopic (exact) mass is 554 g/mol. The third-order valence-corrected chi connectivity index (χ3v) is 5.33. The molecule has 0 rings (SSSR count). The molecule has 0 saturated heterocycles. The number of esters is 2. The van der Waals surface area contributed by atoms with Gasteiger partial charge in [0.05, 0.1) is 6.61 Å². The summed E-state index contributed by atoms with van der Waals surface area (Å²) in [6.45, 7) is 1.05. The molecule has 0 heterocycles. The molecule has 0 aromatic carbocycles. The molecule has 0 aliphatic heterocycles. The van der Waals surface area contributed by atoms with E-state index in [4.69, 9.17) is 25.7 Å². The van der Waals surface area contributed by atoms with E-state index in [0.717, 1.165) is 19.3 Å². The van der Waals surface area contributed by atoms with Crippen LogP contribution < -0.4 is 0 Å². The molecule has 2 N–H and O–H groups in total. The van der Waals surface area contributed by atoms with E-state index >= 15 is 0 Å². The van der Waals surface area contributed by atoms with Crippen molar-refractivity contribution in [3.8, 4) is 71.5 Å². The van der Waals surface area contributed by atoms with E-state index in [-0.39, 0.29) is 6.42 Å².